The lowest BCUT2D eigenvalue weighted by Crippen LogP contribution is -2.45. The third-order valence-electron chi connectivity index (χ3n) is 3.89. The average Bonchev–Trinajstić information content (AvgIpc) is 2.64. The second-order valence-corrected chi connectivity index (χ2v) is 5.42. The predicted molar refractivity (Wildman–Crippen MR) is 87.5 cm³/mol. The molecule has 25 heavy (non-hydrogen) atoms. The molecule has 0 saturated carbocycles. The molecule has 0 atom stereocenters. The van der Waals surface area contributed by atoms with Crippen LogP contribution in [0.4, 0.5) is 0 Å². The third kappa shape index (κ3) is 3.49. The van der Waals surface area contributed by atoms with E-state index in [2.05, 4.69) is 15.3 Å². The van der Waals surface area contributed by atoms with Crippen LogP contribution in [0.15, 0.2) is 35.6 Å². The number of hydrogen-bond donors (Lipinski definition) is 1. The summed E-state index contributed by atoms with van der Waals surface area (Å²) < 4.78 is 6.70. The quantitative estimate of drug-likeness (QED) is 0.787. The molecular weight excluding hydrogens is 326 g/mol. The summed E-state index contributed by atoms with van der Waals surface area (Å²) in [6.07, 6.45) is 5.84. The molecule has 2 amide bonds. The fourth-order valence-corrected chi connectivity index (χ4v) is 2.59. The summed E-state index contributed by atoms with van der Waals surface area (Å²) in [6, 6.07) is 1.28. The van der Waals surface area contributed by atoms with Gasteiger partial charge in [-0.1, -0.05) is 0 Å². The van der Waals surface area contributed by atoms with E-state index in [1.807, 2.05) is 0 Å². The van der Waals surface area contributed by atoms with Gasteiger partial charge in [0.2, 0.25) is 5.43 Å². The Morgan fingerprint density at radius 3 is 2.88 bits per heavy atom. The van der Waals surface area contributed by atoms with Crippen LogP contribution in [0.1, 0.15) is 21.0 Å². The zero-order chi connectivity index (χ0) is 17.8. The molecule has 1 N–H and O–H groups in total. The summed E-state index contributed by atoms with van der Waals surface area (Å²) in [4.78, 5) is 45.6. The van der Waals surface area contributed by atoms with E-state index in [-0.39, 0.29) is 35.2 Å². The molecule has 0 spiro atoms. The normalized spacial score (nSPS) is 13.3. The minimum Gasteiger partial charge on any atom is -0.491 e. The first kappa shape index (κ1) is 16.6. The molecule has 0 saturated heterocycles. The van der Waals surface area contributed by atoms with Crippen molar-refractivity contribution < 1.29 is 14.3 Å². The number of pyridine rings is 1. The summed E-state index contributed by atoms with van der Waals surface area (Å²) in [5, 5.41) is 2.70. The number of nitrogens with one attached hydrogen (secondary N) is 1. The topological polar surface area (TPSA) is 106 Å². The van der Waals surface area contributed by atoms with Crippen molar-refractivity contribution in [2.24, 2.45) is 0 Å². The van der Waals surface area contributed by atoms with Gasteiger partial charge in [0.15, 0.2) is 5.75 Å². The molecule has 2 aromatic rings. The van der Waals surface area contributed by atoms with Crippen LogP contribution >= 0.6 is 0 Å². The van der Waals surface area contributed by atoms with Crippen LogP contribution in [0.25, 0.3) is 0 Å². The minimum atomic E-state index is -0.348. The van der Waals surface area contributed by atoms with Crippen LogP contribution in [0, 0.1) is 0 Å². The van der Waals surface area contributed by atoms with E-state index in [0.29, 0.717) is 25.3 Å². The van der Waals surface area contributed by atoms with Crippen molar-refractivity contribution in [1.82, 2.24) is 24.8 Å². The van der Waals surface area contributed by atoms with E-state index in [0.717, 1.165) is 0 Å². The molecule has 0 fully saturated rings. The summed E-state index contributed by atoms with van der Waals surface area (Å²) in [6.45, 7) is 1.65. The zero-order valence-electron chi connectivity index (χ0n) is 13.6. The van der Waals surface area contributed by atoms with Gasteiger partial charge in [-0.15, -0.1) is 0 Å². The molecule has 0 aliphatic carbocycles. The first-order valence-corrected chi connectivity index (χ1v) is 7.72. The van der Waals surface area contributed by atoms with Crippen molar-refractivity contribution in [3.63, 3.8) is 0 Å². The molecule has 2 aromatic heterocycles. The molecule has 0 unspecified atom stereocenters. The number of aromatic nitrogens is 3. The Kier molecular flexibility index (Phi) is 4.73. The Morgan fingerprint density at radius 2 is 2.16 bits per heavy atom. The van der Waals surface area contributed by atoms with E-state index in [9.17, 15) is 14.4 Å². The second-order valence-electron chi connectivity index (χ2n) is 5.42. The summed E-state index contributed by atoms with van der Waals surface area (Å²) in [5.74, 6) is -0.389. The first-order valence-electron chi connectivity index (χ1n) is 7.72. The molecule has 3 heterocycles. The second kappa shape index (κ2) is 7.12. The molecular formula is C16H17N5O4. The third-order valence-corrected chi connectivity index (χ3v) is 3.89. The Labute approximate surface area is 143 Å². The number of nitrogens with zero attached hydrogens (tertiary/aromatic N) is 4. The van der Waals surface area contributed by atoms with Gasteiger partial charge < -0.3 is 19.5 Å². The highest BCUT2D eigenvalue weighted by Gasteiger charge is 2.25. The number of amides is 2. The molecule has 0 aromatic carbocycles. The maximum absolute atomic E-state index is 12.5. The van der Waals surface area contributed by atoms with Crippen molar-refractivity contribution in [3.05, 3.63) is 52.5 Å². The van der Waals surface area contributed by atoms with Gasteiger partial charge in [0.1, 0.15) is 11.4 Å². The lowest BCUT2D eigenvalue weighted by molar-refractivity contribution is 0.0696. The fraction of sp³-hybridized carbons (Fsp3) is 0.312. The van der Waals surface area contributed by atoms with Crippen LogP contribution in [-0.2, 0) is 6.54 Å². The van der Waals surface area contributed by atoms with Crippen molar-refractivity contribution >= 4 is 11.8 Å². The molecule has 3 rings (SSSR count). The monoisotopic (exact) mass is 343 g/mol. The molecule has 1 aliphatic rings. The van der Waals surface area contributed by atoms with Gasteiger partial charge in [-0.25, -0.2) is 4.98 Å². The molecule has 0 radical (unpaired) electrons. The molecule has 130 valence electrons. The largest absolute Gasteiger partial charge is 0.491 e. The number of carbonyl (C=O) groups excluding carboxylic acids is 2. The maximum atomic E-state index is 12.5. The van der Waals surface area contributed by atoms with E-state index in [4.69, 9.17) is 4.74 Å². The van der Waals surface area contributed by atoms with E-state index < -0.39 is 0 Å². The predicted octanol–water partition coefficient (Wildman–Crippen LogP) is -0.467. The van der Waals surface area contributed by atoms with Gasteiger partial charge >= 0.3 is 0 Å². The van der Waals surface area contributed by atoms with Gasteiger partial charge in [0.25, 0.3) is 11.8 Å². The molecule has 1 aliphatic heterocycles. The van der Waals surface area contributed by atoms with Crippen LogP contribution in [-0.4, -0.2) is 58.0 Å². The lowest BCUT2D eigenvalue weighted by Gasteiger charge is -2.30. The Bertz CT molecular complexity index is 849. The van der Waals surface area contributed by atoms with Crippen molar-refractivity contribution in [2.45, 2.75) is 6.54 Å². The van der Waals surface area contributed by atoms with Crippen molar-refractivity contribution in [2.75, 3.05) is 26.7 Å². The number of methoxy groups -OCH3 is 1. The first-order chi connectivity index (χ1) is 12.1. The van der Waals surface area contributed by atoms with Crippen LogP contribution in [0.2, 0.25) is 0 Å². The van der Waals surface area contributed by atoms with Gasteiger partial charge in [0, 0.05) is 44.6 Å². The highest BCUT2D eigenvalue weighted by atomic mass is 16.5. The Hall–Kier alpha value is -3.23. The number of rotatable bonds is 5. The highest BCUT2D eigenvalue weighted by Crippen LogP contribution is 2.13. The lowest BCUT2D eigenvalue weighted by atomic mass is 10.2. The van der Waals surface area contributed by atoms with Gasteiger partial charge in [-0.3, -0.25) is 19.4 Å². The van der Waals surface area contributed by atoms with E-state index >= 15 is 0 Å². The maximum Gasteiger partial charge on any atom is 0.271 e. The van der Waals surface area contributed by atoms with Gasteiger partial charge in [0.05, 0.1) is 19.5 Å². The van der Waals surface area contributed by atoms with E-state index in [1.165, 1.54) is 31.8 Å². The SMILES string of the molecule is COc1cn2c(cc1=O)C(=O)N(CCNC(=O)c1cnccn1)CC2. The summed E-state index contributed by atoms with van der Waals surface area (Å²) in [5.41, 5.74) is 0.202. The standard InChI is InChI=1S/C16H17N5O4/c1-25-14-10-21-7-6-20(16(24)12(21)8-13(14)22)5-4-19-15(23)11-9-17-2-3-18-11/h2-3,8-10H,4-7H2,1H3,(H,19,23). The van der Waals surface area contributed by atoms with Gasteiger partial charge in [-0.2, -0.15) is 0 Å². The van der Waals surface area contributed by atoms with Gasteiger partial charge in [-0.05, 0) is 0 Å². The number of ether oxygens (including phenoxy) is 1. The highest BCUT2D eigenvalue weighted by molar-refractivity contribution is 5.93. The summed E-state index contributed by atoms with van der Waals surface area (Å²) in [7, 11) is 1.42. The summed E-state index contributed by atoms with van der Waals surface area (Å²) >= 11 is 0. The number of fused-ring (bicyclic) bond motifs is 1. The van der Waals surface area contributed by atoms with Crippen LogP contribution < -0.4 is 15.5 Å². The Morgan fingerprint density at radius 1 is 1.32 bits per heavy atom. The van der Waals surface area contributed by atoms with Crippen molar-refractivity contribution in [3.8, 4) is 5.75 Å². The molecule has 9 heteroatoms. The fourth-order valence-electron chi connectivity index (χ4n) is 2.59. The number of hydrogen-bond acceptors (Lipinski definition) is 6. The van der Waals surface area contributed by atoms with Crippen LogP contribution in [0.5, 0.6) is 5.75 Å². The smallest absolute Gasteiger partial charge is 0.271 e. The average molecular weight is 343 g/mol. The molecule has 9 nitrogen and oxygen atoms in total. The number of carbonyl (C=O) groups is 2. The molecule has 0 bridgehead atoms. The van der Waals surface area contributed by atoms with Crippen LogP contribution in [0.3, 0.4) is 0 Å². The Balaban J connectivity index is 1.62. The van der Waals surface area contributed by atoms with Crippen molar-refractivity contribution in [1.29, 1.82) is 0 Å². The minimum absolute atomic E-state index is 0.209. The van der Waals surface area contributed by atoms with E-state index in [1.54, 1.807) is 15.7 Å². The zero-order valence-corrected chi connectivity index (χ0v) is 13.6.